The fourth-order valence-electron chi connectivity index (χ4n) is 2.38. The van der Waals surface area contributed by atoms with E-state index < -0.39 is 11.1 Å². The first-order valence-corrected chi connectivity index (χ1v) is 8.33. The fourth-order valence-corrected chi connectivity index (χ4v) is 3.51. The molecule has 0 radical (unpaired) electrons. The average molecular weight is 373 g/mol. The number of carbonyl (C=O) groups excluding carboxylic acids is 1. The van der Waals surface area contributed by atoms with E-state index in [-0.39, 0.29) is 5.91 Å². The van der Waals surface area contributed by atoms with Gasteiger partial charge < -0.3 is 9.97 Å². The Kier molecular flexibility index (Phi) is 3.63. The monoisotopic (exact) mass is 372 g/mol. The van der Waals surface area contributed by atoms with Crippen LogP contribution in [0.4, 0.5) is 5.13 Å². The second-order valence-corrected chi connectivity index (χ2v) is 6.72. The van der Waals surface area contributed by atoms with Crippen LogP contribution in [0.15, 0.2) is 46.0 Å². The largest absolute Gasteiger partial charge is 0.316 e. The maximum absolute atomic E-state index is 12.4. The van der Waals surface area contributed by atoms with Crippen molar-refractivity contribution in [3.63, 3.8) is 0 Å². The van der Waals surface area contributed by atoms with Crippen molar-refractivity contribution in [1.29, 1.82) is 0 Å². The molecule has 3 N–H and O–H groups in total. The highest BCUT2D eigenvalue weighted by Crippen LogP contribution is 2.28. The Balaban J connectivity index is 1.67. The minimum atomic E-state index is -0.770. The van der Waals surface area contributed by atoms with Gasteiger partial charge in [0, 0.05) is 10.6 Å². The molecule has 0 spiro atoms. The third-order valence-corrected chi connectivity index (χ3v) is 4.72. The van der Waals surface area contributed by atoms with Gasteiger partial charge in [0.1, 0.15) is 0 Å². The second-order valence-electron chi connectivity index (χ2n) is 5.25. The molecule has 0 aliphatic rings. The molecule has 0 aliphatic heterocycles. The van der Waals surface area contributed by atoms with Gasteiger partial charge in [-0.05, 0) is 36.4 Å². The zero-order valence-electron chi connectivity index (χ0n) is 12.4. The lowest BCUT2D eigenvalue weighted by atomic mass is 10.2. The standard InChI is InChI=1S/C16H9ClN4O3S/c17-8-2-4-10-12(6-8)25-16(20-10)21-13(22)7-1-3-9-11(5-7)19-15(24)14(23)18-9/h1-6H,(H,18,23)(H,19,24)(H,20,21,22). The predicted molar refractivity (Wildman–Crippen MR) is 97.8 cm³/mol. The number of rotatable bonds is 2. The van der Waals surface area contributed by atoms with Crippen LogP contribution in [-0.2, 0) is 0 Å². The molecule has 25 heavy (non-hydrogen) atoms. The van der Waals surface area contributed by atoms with Crippen LogP contribution in [0.5, 0.6) is 0 Å². The third kappa shape index (κ3) is 2.92. The maximum Gasteiger partial charge on any atom is 0.314 e. The fraction of sp³-hybridized carbons (Fsp3) is 0. The Bertz CT molecular complexity index is 1260. The first kappa shape index (κ1) is 15.6. The summed E-state index contributed by atoms with van der Waals surface area (Å²) < 4.78 is 0.864. The van der Waals surface area contributed by atoms with Crippen LogP contribution in [0.3, 0.4) is 0 Å². The lowest BCUT2D eigenvalue weighted by Crippen LogP contribution is -2.29. The van der Waals surface area contributed by atoms with Crippen molar-refractivity contribution in [3.05, 3.63) is 67.7 Å². The molecular formula is C16H9ClN4O3S. The van der Waals surface area contributed by atoms with Crippen molar-refractivity contribution >= 4 is 55.2 Å². The van der Waals surface area contributed by atoms with Crippen molar-refractivity contribution in [2.24, 2.45) is 0 Å². The number of nitrogens with zero attached hydrogens (tertiary/aromatic N) is 1. The smallest absolute Gasteiger partial charge is 0.314 e. The van der Waals surface area contributed by atoms with Crippen LogP contribution in [0.1, 0.15) is 10.4 Å². The van der Waals surface area contributed by atoms with E-state index in [0.29, 0.717) is 26.8 Å². The number of H-pyrrole nitrogens is 2. The summed E-state index contributed by atoms with van der Waals surface area (Å²) in [7, 11) is 0. The molecule has 1 amide bonds. The maximum atomic E-state index is 12.4. The topological polar surface area (TPSA) is 108 Å². The minimum Gasteiger partial charge on any atom is -0.316 e. The Morgan fingerprint density at radius 3 is 2.60 bits per heavy atom. The summed E-state index contributed by atoms with van der Waals surface area (Å²) in [5.41, 5.74) is 0.368. The molecule has 4 rings (SSSR count). The Hall–Kier alpha value is -2.97. The highest BCUT2D eigenvalue weighted by atomic mass is 35.5. The predicted octanol–water partition coefficient (Wildman–Crippen LogP) is 2.73. The van der Waals surface area contributed by atoms with E-state index >= 15 is 0 Å². The molecule has 124 valence electrons. The summed E-state index contributed by atoms with van der Waals surface area (Å²) in [6.07, 6.45) is 0. The van der Waals surface area contributed by atoms with Gasteiger partial charge in [0.05, 0.1) is 21.3 Å². The van der Waals surface area contributed by atoms with Crippen LogP contribution in [0, 0.1) is 0 Å². The van der Waals surface area contributed by atoms with E-state index in [4.69, 9.17) is 11.6 Å². The van der Waals surface area contributed by atoms with Crippen LogP contribution < -0.4 is 16.4 Å². The summed E-state index contributed by atoms with van der Waals surface area (Å²) in [6.45, 7) is 0. The number of thiazole rings is 1. The number of benzene rings is 2. The van der Waals surface area contributed by atoms with Crippen molar-refractivity contribution in [3.8, 4) is 0 Å². The number of fused-ring (bicyclic) bond motifs is 2. The van der Waals surface area contributed by atoms with Gasteiger partial charge in [-0.25, -0.2) is 4.98 Å². The van der Waals surface area contributed by atoms with Crippen molar-refractivity contribution in [2.45, 2.75) is 0 Å². The van der Waals surface area contributed by atoms with Gasteiger partial charge in [0.15, 0.2) is 5.13 Å². The average Bonchev–Trinajstić information content (AvgIpc) is 2.96. The first-order valence-electron chi connectivity index (χ1n) is 7.13. The summed E-state index contributed by atoms with van der Waals surface area (Å²) in [4.78, 5) is 44.4. The van der Waals surface area contributed by atoms with Gasteiger partial charge in [0.2, 0.25) is 0 Å². The van der Waals surface area contributed by atoms with Gasteiger partial charge in [-0.2, -0.15) is 0 Å². The number of hydrogen-bond donors (Lipinski definition) is 3. The van der Waals surface area contributed by atoms with Crippen LogP contribution in [-0.4, -0.2) is 20.9 Å². The second kappa shape index (κ2) is 5.83. The highest BCUT2D eigenvalue weighted by Gasteiger charge is 2.11. The number of nitrogens with one attached hydrogen (secondary N) is 3. The van der Waals surface area contributed by atoms with E-state index in [9.17, 15) is 14.4 Å². The number of aromatic amines is 2. The zero-order chi connectivity index (χ0) is 17.6. The van der Waals surface area contributed by atoms with Gasteiger partial charge >= 0.3 is 11.1 Å². The molecule has 7 nitrogen and oxygen atoms in total. The first-order chi connectivity index (χ1) is 12.0. The van der Waals surface area contributed by atoms with Gasteiger partial charge in [-0.1, -0.05) is 22.9 Å². The molecule has 2 heterocycles. The summed E-state index contributed by atoms with van der Waals surface area (Å²) in [6, 6.07) is 9.89. The number of anilines is 1. The molecular weight excluding hydrogens is 364 g/mol. The lowest BCUT2D eigenvalue weighted by molar-refractivity contribution is 0.102. The van der Waals surface area contributed by atoms with Gasteiger partial charge in [0.25, 0.3) is 5.91 Å². The number of hydrogen-bond acceptors (Lipinski definition) is 5. The Labute approximate surface area is 148 Å². The van der Waals surface area contributed by atoms with Crippen LogP contribution in [0.25, 0.3) is 21.3 Å². The Morgan fingerprint density at radius 1 is 1.04 bits per heavy atom. The van der Waals surface area contributed by atoms with Crippen LogP contribution in [0.2, 0.25) is 5.02 Å². The van der Waals surface area contributed by atoms with Crippen LogP contribution >= 0.6 is 22.9 Å². The third-order valence-electron chi connectivity index (χ3n) is 3.56. The van der Waals surface area contributed by atoms with E-state index in [1.54, 1.807) is 30.3 Å². The molecule has 0 unspecified atom stereocenters. The molecule has 9 heteroatoms. The van der Waals surface area contributed by atoms with E-state index in [1.807, 2.05) is 0 Å². The summed E-state index contributed by atoms with van der Waals surface area (Å²) in [5, 5.41) is 3.76. The molecule has 0 aliphatic carbocycles. The number of aromatic nitrogens is 3. The molecule has 0 bridgehead atoms. The SMILES string of the molecule is O=C(Nc1nc2ccc(Cl)cc2s1)c1ccc2[nH]c(=O)c(=O)[nH]c2c1. The highest BCUT2D eigenvalue weighted by molar-refractivity contribution is 7.22. The molecule has 0 atom stereocenters. The van der Waals surface area contributed by atoms with Crippen molar-refractivity contribution < 1.29 is 4.79 Å². The number of amides is 1. The van der Waals surface area contributed by atoms with E-state index in [1.165, 1.54) is 17.4 Å². The quantitative estimate of drug-likeness (QED) is 0.470. The molecule has 0 saturated heterocycles. The van der Waals surface area contributed by atoms with E-state index in [2.05, 4.69) is 20.3 Å². The molecule has 4 aromatic rings. The van der Waals surface area contributed by atoms with Gasteiger partial charge in [-0.15, -0.1) is 0 Å². The number of carbonyl (C=O) groups is 1. The minimum absolute atomic E-state index is 0.326. The Morgan fingerprint density at radius 2 is 1.80 bits per heavy atom. The van der Waals surface area contributed by atoms with E-state index in [0.717, 1.165) is 10.2 Å². The zero-order valence-corrected chi connectivity index (χ0v) is 14.0. The van der Waals surface area contributed by atoms with Crippen molar-refractivity contribution in [2.75, 3.05) is 5.32 Å². The summed E-state index contributed by atoms with van der Waals surface area (Å²) in [5.74, 6) is -0.376. The van der Waals surface area contributed by atoms with Gasteiger partial charge in [-0.3, -0.25) is 19.7 Å². The molecule has 0 saturated carbocycles. The molecule has 2 aromatic carbocycles. The molecule has 0 fully saturated rings. The molecule has 2 aromatic heterocycles. The number of halogens is 1. The lowest BCUT2D eigenvalue weighted by Gasteiger charge is -2.03. The van der Waals surface area contributed by atoms with Crippen molar-refractivity contribution in [1.82, 2.24) is 15.0 Å². The normalized spacial score (nSPS) is 11.1. The summed E-state index contributed by atoms with van der Waals surface area (Å²) >= 11 is 7.26.